The van der Waals surface area contributed by atoms with Gasteiger partial charge in [-0.25, -0.2) is 0 Å². The molecule has 10 heavy (non-hydrogen) atoms. The summed E-state index contributed by atoms with van der Waals surface area (Å²) in [6, 6.07) is 0. The van der Waals surface area contributed by atoms with E-state index in [1.54, 1.807) is 0 Å². The molecule has 0 amide bonds. The van der Waals surface area contributed by atoms with Crippen LogP contribution in [0, 0.1) is 0 Å². The smallest absolute Gasteiger partial charge is 0.0594 e. The Labute approximate surface area is 62.5 Å². The van der Waals surface area contributed by atoms with E-state index in [0.29, 0.717) is 0 Å². The Kier molecular flexibility index (Phi) is 3.47. The summed E-state index contributed by atoms with van der Waals surface area (Å²) >= 11 is 0. The molecular weight excluding hydrogens is 126 g/mol. The Hall–Kier alpha value is -0.340. The molecule has 0 aromatic rings. The molecule has 0 N–H and O–H groups in total. The third-order valence-electron chi connectivity index (χ3n) is 1.70. The van der Waals surface area contributed by atoms with Crippen molar-refractivity contribution in [2.75, 3.05) is 32.8 Å². The van der Waals surface area contributed by atoms with Crippen molar-refractivity contribution in [2.24, 2.45) is 0 Å². The van der Waals surface area contributed by atoms with E-state index < -0.39 is 0 Å². The standard InChI is InChI=1S/C8H15NO/c1-2-3-4-9-5-7-10-8-6-9/h2-3H,4-8H2,1H3. The van der Waals surface area contributed by atoms with Crippen LogP contribution in [0.5, 0.6) is 0 Å². The minimum Gasteiger partial charge on any atom is -0.379 e. The Morgan fingerprint density at radius 1 is 1.40 bits per heavy atom. The topological polar surface area (TPSA) is 12.5 Å². The second-order valence-electron chi connectivity index (χ2n) is 2.48. The van der Waals surface area contributed by atoms with Crippen molar-refractivity contribution >= 4 is 0 Å². The lowest BCUT2D eigenvalue weighted by molar-refractivity contribution is 0.0434. The van der Waals surface area contributed by atoms with Crippen molar-refractivity contribution in [3.63, 3.8) is 0 Å². The lowest BCUT2D eigenvalue weighted by Gasteiger charge is -2.24. The number of nitrogens with zero attached hydrogens (tertiary/aromatic N) is 1. The van der Waals surface area contributed by atoms with Gasteiger partial charge in [0.25, 0.3) is 0 Å². The summed E-state index contributed by atoms with van der Waals surface area (Å²) in [5, 5.41) is 0. The first-order valence-electron chi connectivity index (χ1n) is 3.84. The van der Waals surface area contributed by atoms with E-state index in [0.717, 1.165) is 32.8 Å². The van der Waals surface area contributed by atoms with Gasteiger partial charge in [0.2, 0.25) is 0 Å². The largest absolute Gasteiger partial charge is 0.379 e. The van der Waals surface area contributed by atoms with Crippen molar-refractivity contribution in [1.29, 1.82) is 0 Å². The molecule has 1 aliphatic rings. The van der Waals surface area contributed by atoms with Crippen LogP contribution in [0.4, 0.5) is 0 Å². The molecule has 0 radical (unpaired) electrons. The van der Waals surface area contributed by atoms with E-state index in [9.17, 15) is 0 Å². The van der Waals surface area contributed by atoms with Crippen molar-refractivity contribution in [1.82, 2.24) is 4.90 Å². The van der Waals surface area contributed by atoms with Gasteiger partial charge in [-0.1, -0.05) is 12.2 Å². The van der Waals surface area contributed by atoms with Crippen LogP contribution in [0.15, 0.2) is 12.2 Å². The normalized spacial score (nSPS) is 22.1. The van der Waals surface area contributed by atoms with Crippen molar-refractivity contribution in [3.8, 4) is 0 Å². The van der Waals surface area contributed by atoms with Gasteiger partial charge in [0.15, 0.2) is 0 Å². The van der Waals surface area contributed by atoms with Crippen LogP contribution in [0.3, 0.4) is 0 Å². The molecule has 1 aliphatic heterocycles. The zero-order chi connectivity index (χ0) is 7.23. The first kappa shape index (κ1) is 7.76. The number of morpholine rings is 1. The van der Waals surface area contributed by atoms with Gasteiger partial charge in [-0.05, 0) is 6.92 Å². The highest BCUT2D eigenvalue weighted by Gasteiger charge is 2.06. The van der Waals surface area contributed by atoms with Crippen LogP contribution < -0.4 is 0 Å². The Balaban J connectivity index is 2.13. The third kappa shape index (κ3) is 2.50. The van der Waals surface area contributed by atoms with Gasteiger partial charge in [-0.2, -0.15) is 0 Å². The molecule has 1 fully saturated rings. The Bertz CT molecular complexity index is 106. The highest BCUT2D eigenvalue weighted by atomic mass is 16.5. The second kappa shape index (κ2) is 4.47. The summed E-state index contributed by atoms with van der Waals surface area (Å²) in [5.41, 5.74) is 0. The fourth-order valence-electron chi connectivity index (χ4n) is 1.04. The minimum absolute atomic E-state index is 0.900. The molecule has 1 saturated heterocycles. The van der Waals surface area contributed by atoms with Crippen LogP contribution in [0.2, 0.25) is 0 Å². The molecule has 0 aromatic heterocycles. The molecule has 0 saturated carbocycles. The molecule has 0 bridgehead atoms. The second-order valence-corrected chi connectivity index (χ2v) is 2.48. The van der Waals surface area contributed by atoms with E-state index in [-0.39, 0.29) is 0 Å². The minimum atomic E-state index is 0.900. The van der Waals surface area contributed by atoms with E-state index in [1.165, 1.54) is 0 Å². The molecule has 0 aliphatic carbocycles. The fourth-order valence-corrected chi connectivity index (χ4v) is 1.04. The summed E-state index contributed by atoms with van der Waals surface area (Å²) in [6.45, 7) is 7.12. The van der Waals surface area contributed by atoms with Crippen molar-refractivity contribution < 1.29 is 4.74 Å². The van der Waals surface area contributed by atoms with Gasteiger partial charge >= 0.3 is 0 Å². The maximum Gasteiger partial charge on any atom is 0.0594 e. The summed E-state index contributed by atoms with van der Waals surface area (Å²) in [7, 11) is 0. The highest BCUT2D eigenvalue weighted by molar-refractivity contribution is 4.81. The predicted octanol–water partition coefficient (Wildman–Crippen LogP) is 0.895. The molecule has 0 atom stereocenters. The van der Waals surface area contributed by atoms with Gasteiger partial charge in [0.05, 0.1) is 13.2 Å². The lowest BCUT2D eigenvalue weighted by Crippen LogP contribution is -2.36. The van der Waals surface area contributed by atoms with Crippen LogP contribution in [-0.2, 0) is 4.74 Å². The van der Waals surface area contributed by atoms with Crippen molar-refractivity contribution in [2.45, 2.75) is 6.92 Å². The summed E-state index contributed by atoms with van der Waals surface area (Å²) < 4.78 is 5.21. The molecule has 1 rings (SSSR count). The highest BCUT2D eigenvalue weighted by Crippen LogP contribution is 1.95. The zero-order valence-corrected chi connectivity index (χ0v) is 6.55. The van der Waals surface area contributed by atoms with Gasteiger partial charge in [0, 0.05) is 19.6 Å². The maximum absolute atomic E-state index is 5.21. The number of rotatable bonds is 2. The number of hydrogen-bond donors (Lipinski definition) is 0. The van der Waals surface area contributed by atoms with E-state index in [1.807, 2.05) is 0 Å². The molecule has 2 heteroatoms. The number of allylic oxidation sites excluding steroid dienone is 1. The van der Waals surface area contributed by atoms with Gasteiger partial charge < -0.3 is 4.74 Å². The summed E-state index contributed by atoms with van der Waals surface area (Å²) in [6.07, 6.45) is 4.28. The van der Waals surface area contributed by atoms with E-state index >= 15 is 0 Å². The molecule has 58 valence electrons. The molecule has 1 heterocycles. The monoisotopic (exact) mass is 141 g/mol. The SMILES string of the molecule is CC=CCN1CCOCC1. The Morgan fingerprint density at radius 3 is 2.70 bits per heavy atom. The van der Waals surface area contributed by atoms with Crippen LogP contribution in [0.1, 0.15) is 6.92 Å². The Morgan fingerprint density at radius 2 is 2.10 bits per heavy atom. The zero-order valence-electron chi connectivity index (χ0n) is 6.55. The van der Waals surface area contributed by atoms with E-state index in [2.05, 4.69) is 24.0 Å². The molecular formula is C8H15NO. The quantitative estimate of drug-likeness (QED) is 0.530. The van der Waals surface area contributed by atoms with Crippen LogP contribution in [-0.4, -0.2) is 37.7 Å². The number of hydrogen-bond acceptors (Lipinski definition) is 2. The average Bonchev–Trinajstić information content (AvgIpc) is 2.03. The molecule has 0 spiro atoms. The summed E-state index contributed by atoms with van der Waals surface area (Å²) in [5.74, 6) is 0. The molecule has 0 unspecified atom stereocenters. The van der Waals surface area contributed by atoms with E-state index in [4.69, 9.17) is 4.74 Å². The summed E-state index contributed by atoms with van der Waals surface area (Å²) in [4.78, 5) is 2.39. The van der Waals surface area contributed by atoms with Crippen LogP contribution >= 0.6 is 0 Å². The first-order valence-corrected chi connectivity index (χ1v) is 3.84. The van der Waals surface area contributed by atoms with Crippen LogP contribution in [0.25, 0.3) is 0 Å². The molecule has 2 nitrogen and oxygen atoms in total. The number of ether oxygens (including phenoxy) is 1. The van der Waals surface area contributed by atoms with Gasteiger partial charge in [-0.15, -0.1) is 0 Å². The van der Waals surface area contributed by atoms with Gasteiger partial charge in [-0.3, -0.25) is 4.90 Å². The average molecular weight is 141 g/mol. The molecule has 0 aromatic carbocycles. The van der Waals surface area contributed by atoms with Crippen molar-refractivity contribution in [3.05, 3.63) is 12.2 Å². The first-order chi connectivity index (χ1) is 4.93. The predicted molar refractivity (Wildman–Crippen MR) is 42.1 cm³/mol. The lowest BCUT2D eigenvalue weighted by atomic mass is 10.4. The third-order valence-corrected chi connectivity index (χ3v) is 1.70. The maximum atomic E-state index is 5.21. The fraction of sp³-hybridized carbons (Fsp3) is 0.750. The van der Waals surface area contributed by atoms with Gasteiger partial charge in [0.1, 0.15) is 0 Å².